The van der Waals surface area contributed by atoms with Gasteiger partial charge in [0.1, 0.15) is 0 Å². The summed E-state index contributed by atoms with van der Waals surface area (Å²) in [5.41, 5.74) is 1.33. The highest BCUT2D eigenvalue weighted by atomic mass is 79.9. The number of carbonyl (C=O) groups excluding carboxylic acids is 1. The molecule has 0 aromatic heterocycles. The van der Waals surface area contributed by atoms with Gasteiger partial charge in [-0.2, -0.15) is 0 Å². The maximum Gasteiger partial charge on any atom is 0.270 e. The molecular weight excluding hydrogens is 437 g/mol. The summed E-state index contributed by atoms with van der Waals surface area (Å²) in [6.45, 7) is 0. The van der Waals surface area contributed by atoms with Crippen molar-refractivity contribution in [2.75, 3.05) is 4.90 Å². The van der Waals surface area contributed by atoms with Crippen molar-refractivity contribution in [1.82, 2.24) is 0 Å². The molecule has 0 saturated carbocycles. The normalized spacial score (nSPS) is 16.5. The van der Waals surface area contributed by atoms with Crippen LogP contribution in [0.2, 0.25) is 10.0 Å². The Morgan fingerprint density at radius 2 is 1.78 bits per heavy atom. The van der Waals surface area contributed by atoms with Gasteiger partial charge in [-0.25, -0.2) is 0 Å². The Hall–Kier alpha value is -0.850. The molecule has 0 spiro atoms. The molecule has 3 rings (SSSR count). The molecule has 1 saturated heterocycles. The number of hydrogen-bond acceptors (Lipinski definition) is 3. The average molecular weight is 445 g/mol. The second-order valence-electron chi connectivity index (χ2n) is 4.63. The number of rotatable bonds is 2. The summed E-state index contributed by atoms with van der Waals surface area (Å²) in [5, 5.41) is 0.982. The molecule has 1 fully saturated rings. The molecule has 116 valence electrons. The van der Waals surface area contributed by atoms with E-state index in [0.717, 1.165) is 10.2 Å². The van der Waals surface area contributed by atoms with Gasteiger partial charge in [-0.1, -0.05) is 75.2 Å². The summed E-state index contributed by atoms with van der Waals surface area (Å²) >= 11 is 22.3. The minimum atomic E-state index is -0.186. The van der Waals surface area contributed by atoms with Crippen molar-refractivity contribution in [2.45, 2.75) is 0 Å². The predicted molar refractivity (Wildman–Crippen MR) is 106 cm³/mol. The Kier molecular flexibility index (Phi) is 5.13. The minimum absolute atomic E-state index is 0.186. The van der Waals surface area contributed by atoms with E-state index in [4.69, 9.17) is 35.4 Å². The lowest BCUT2D eigenvalue weighted by atomic mass is 10.2. The molecule has 2 nitrogen and oxygen atoms in total. The van der Waals surface area contributed by atoms with Crippen molar-refractivity contribution in [3.05, 3.63) is 67.5 Å². The second kappa shape index (κ2) is 6.95. The van der Waals surface area contributed by atoms with Gasteiger partial charge in [-0.15, -0.1) is 0 Å². The van der Waals surface area contributed by atoms with Crippen molar-refractivity contribution < 1.29 is 4.79 Å². The van der Waals surface area contributed by atoms with Gasteiger partial charge < -0.3 is 0 Å². The molecule has 0 atom stereocenters. The lowest BCUT2D eigenvalue weighted by molar-refractivity contribution is -0.113. The van der Waals surface area contributed by atoms with Gasteiger partial charge in [0, 0.05) is 20.1 Å². The SMILES string of the molecule is O=C1/C(=C/c2c(Cl)cccc2Cl)SC(=S)N1c1cccc(Br)c1. The zero-order valence-electron chi connectivity index (χ0n) is 11.4. The van der Waals surface area contributed by atoms with E-state index in [1.807, 2.05) is 24.3 Å². The lowest BCUT2D eigenvalue weighted by Gasteiger charge is -2.14. The van der Waals surface area contributed by atoms with Crippen LogP contribution < -0.4 is 4.90 Å². The quantitative estimate of drug-likeness (QED) is 0.408. The summed E-state index contributed by atoms with van der Waals surface area (Å²) in [6.07, 6.45) is 1.68. The van der Waals surface area contributed by atoms with Crippen LogP contribution in [-0.4, -0.2) is 10.2 Å². The number of hydrogen-bond donors (Lipinski definition) is 0. The number of benzene rings is 2. The number of carbonyl (C=O) groups is 1. The molecular formula is C16H8BrCl2NOS2. The molecule has 0 radical (unpaired) electrons. The highest BCUT2D eigenvalue weighted by Crippen LogP contribution is 2.38. The molecule has 0 N–H and O–H groups in total. The van der Waals surface area contributed by atoms with Crippen LogP contribution in [0.1, 0.15) is 5.56 Å². The number of thioether (sulfide) groups is 1. The number of halogens is 3. The highest BCUT2D eigenvalue weighted by Gasteiger charge is 2.33. The molecule has 1 amide bonds. The van der Waals surface area contributed by atoms with Crippen LogP contribution >= 0.6 is 63.1 Å². The van der Waals surface area contributed by atoms with Crippen molar-refractivity contribution in [2.24, 2.45) is 0 Å². The zero-order valence-corrected chi connectivity index (χ0v) is 16.2. The molecule has 0 bridgehead atoms. The first kappa shape index (κ1) is 17.0. The molecule has 0 unspecified atom stereocenters. The van der Waals surface area contributed by atoms with Crippen molar-refractivity contribution in [3.8, 4) is 0 Å². The maximum absolute atomic E-state index is 12.7. The third-order valence-corrected chi connectivity index (χ3v) is 5.59. The van der Waals surface area contributed by atoms with E-state index in [9.17, 15) is 4.79 Å². The van der Waals surface area contributed by atoms with E-state index >= 15 is 0 Å². The third-order valence-electron chi connectivity index (χ3n) is 3.14. The van der Waals surface area contributed by atoms with Crippen LogP contribution in [0, 0.1) is 0 Å². The number of anilines is 1. The largest absolute Gasteiger partial charge is 0.270 e. The van der Waals surface area contributed by atoms with Crippen LogP contribution in [0.25, 0.3) is 6.08 Å². The second-order valence-corrected chi connectivity index (χ2v) is 8.04. The van der Waals surface area contributed by atoms with E-state index in [0.29, 0.717) is 24.8 Å². The summed E-state index contributed by atoms with van der Waals surface area (Å²) in [6, 6.07) is 12.6. The average Bonchev–Trinajstić information content (AvgIpc) is 2.77. The van der Waals surface area contributed by atoms with E-state index < -0.39 is 0 Å². The molecule has 0 aliphatic carbocycles. The maximum atomic E-state index is 12.7. The van der Waals surface area contributed by atoms with Gasteiger partial charge in [-0.3, -0.25) is 9.69 Å². The van der Waals surface area contributed by atoms with Gasteiger partial charge in [0.2, 0.25) is 0 Å². The first-order valence-electron chi connectivity index (χ1n) is 6.45. The fraction of sp³-hybridized carbons (Fsp3) is 0. The predicted octanol–water partition coefficient (Wildman–Crippen LogP) is 6.16. The molecule has 2 aromatic carbocycles. The smallest absolute Gasteiger partial charge is 0.268 e. The standard InChI is InChI=1S/C16H8BrCl2NOS2/c17-9-3-1-4-10(7-9)20-15(21)14(23-16(20)22)8-11-12(18)5-2-6-13(11)19/h1-8H/b14-8-. The Morgan fingerprint density at radius 3 is 2.43 bits per heavy atom. The number of amides is 1. The van der Waals surface area contributed by atoms with Gasteiger partial charge in [0.15, 0.2) is 4.32 Å². The van der Waals surface area contributed by atoms with Crippen LogP contribution in [0.3, 0.4) is 0 Å². The first-order chi connectivity index (χ1) is 11.0. The van der Waals surface area contributed by atoms with Crippen LogP contribution in [0.15, 0.2) is 51.8 Å². The van der Waals surface area contributed by atoms with Gasteiger partial charge in [0.05, 0.1) is 10.6 Å². The molecule has 1 aliphatic rings. The van der Waals surface area contributed by atoms with Gasteiger partial charge in [-0.05, 0) is 36.4 Å². The van der Waals surface area contributed by atoms with Crippen molar-refractivity contribution in [1.29, 1.82) is 0 Å². The van der Waals surface area contributed by atoms with E-state index in [1.165, 1.54) is 16.7 Å². The van der Waals surface area contributed by atoms with Crippen LogP contribution in [0.5, 0.6) is 0 Å². The Bertz CT molecular complexity index is 833. The van der Waals surface area contributed by atoms with Crippen LogP contribution in [0.4, 0.5) is 5.69 Å². The van der Waals surface area contributed by atoms with Gasteiger partial charge in [0.25, 0.3) is 5.91 Å². The highest BCUT2D eigenvalue weighted by molar-refractivity contribution is 9.10. The van der Waals surface area contributed by atoms with Crippen LogP contribution in [-0.2, 0) is 4.79 Å². The molecule has 2 aromatic rings. The summed E-state index contributed by atoms with van der Waals surface area (Å²) in [5.74, 6) is -0.186. The lowest BCUT2D eigenvalue weighted by Crippen LogP contribution is -2.27. The molecule has 1 aliphatic heterocycles. The fourth-order valence-corrected chi connectivity index (χ4v) is 4.26. The summed E-state index contributed by atoms with van der Waals surface area (Å²) in [4.78, 5) is 14.7. The fourth-order valence-electron chi connectivity index (χ4n) is 2.09. The Balaban J connectivity index is 2.00. The summed E-state index contributed by atoms with van der Waals surface area (Å²) in [7, 11) is 0. The van der Waals surface area contributed by atoms with Crippen molar-refractivity contribution in [3.63, 3.8) is 0 Å². The molecule has 23 heavy (non-hydrogen) atoms. The Labute approximate surface area is 161 Å². The van der Waals surface area contributed by atoms with Gasteiger partial charge >= 0.3 is 0 Å². The third kappa shape index (κ3) is 3.49. The zero-order chi connectivity index (χ0) is 16.6. The van der Waals surface area contributed by atoms with Crippen molar-refractivity contribution >= 4 is 85.1 Å². The first-order valence-corrected chi connectivity index (χ1v) is 9.22. The minimum Gasteiger partial charge on any atom is -0.268 e. The number of nitrogens with zero attached hydrogens (tertiary/aromatic N) is 1. The summed E-state index contributed by atoms with van der Waals surface area (Å²) < 4.78 is 1.35. The van der Waals surface area contributed by atoms with E-state index in [2.05, 4.69) is 15.9 Å². The Morgan fingerprint density at radius 1 is 1.13 bits per heavy atom. The van der Waals surface area contributed by atoms with E-state index in [-0.39, 0.29) is 5.91 Å². The van der Waals surface area contributed by atoms with E-state index in [1.54, 1.807) is 24.3 Å². The molecule has 7 heteroatoms. The monoisotopic (exact) mass is 443 g/mol. The molecule has 1 heterocycles. The number of thiocarbonyl (C=S) groups is 1. The topological polar surface area (TPSA) is 20.3 Å².